The van der Waals surface area contributed by atoms with Crippen LogP contribution < -0.4 is 20.9 Å². The topological polar surface area (TPSA) is 192 Å². The maximum atomic E-state index is 13.5. The molecule has 49 heavy (non-hydrogen) atoms. The van der Waals surface area contributed by atoms with Crippen LogP contribution in [-0.2, 0) is 25.6 Å². The van der Waals surface area contributed by atoms with Gasteiger partial charge in [0.25, 0.3) is 0 Å². The first kappa shape index (κ1) is 33.2. The number of nitrogens with one attached hydrogen (secondary N) is 3. The summed E-state index contributed by atoms with van der Waals surface area (Å²) in [6.07, 6.45) is 3.75. The van der Waals surface area contributed by atoms with E-state index in [1.807, 2.05) is 0 Å². The van der Waals surface area contributed by atoms with Crippen molar-refractivity contribution in [3.63, 3.8) is 0 Å². The Balaban J connectivity index is 1.16. The van der Waals surface area contributed by atoms with Gasteiger partial charge in [0, 0.05) is 42.5 Å². The number of carbonyl (C=O) groups excluding carboxylic acids is 4. The van der Waals surface area contributed by atoms with E-state index >= 15 is 0 Å². The van der Waals surface area contributed by atoms with Crippen molar-refractivity contribution in [1.82, 2.24) is 30.4 Å². The van der Waals surface area contributed by atoms with E-state index in [0.29, 0.717) is 35.9 Å². The summed E-state index contributed by atoms with van der Waals surface area (Å²) in [5.74, 6) is -3.22. The highest BCUT2D eigenvalue weighted by Gasteiger charge is 2.30. The van der Waals surface area contributed by atoms with Crippen LogP contribution >= 0.6 is 11.6 Å². The number of carbonyl (C=O) groups is 5. The highest BCUT2D eigenvalue weighted by molar-refractivity contribution is 6.40. The Morgan fingerprint density at radius 1 is 0.939 bits per heavy atom. The molecule has 1 saturated carbocycles. The monoisotopic (exact) mass is 685 g/mol. The van der Waals surface area contributed by atoms with Crippen molar-refractivity contribution in [2.45, 2.75) is 25.3 Å². The molecule has 4 N–H and O–H groups in total. The zero-order valence-electron chi connectivity index (χ0n) is 26.1. The lowest BCUT2D eigenvalue weighted by Gasteiger charge is -2.34. The Morgan fingerprint density at radius 3 is 2.35 bits per heavy atom. The number of hydrogen-bond donors (Lipinski definition) is 4. The maximum Gasteiger partial charge on any atom is 0.335 e. The SMILES string of the molecule is O=C(Nc1cc(Cl)ccc1-n1cnnn1)C(=O)N[C@@H](Cc1ccc(N2CCN(CC3CC3)CC2=O)cc1)C(=O)Nc1ccc(C(=O)O)cc1. The number of anilines is 3. The summed E-state index contributed by atoms with van der Waals surface area (Å²) in [6.45, 7) is 2.69. The number of halogens is 1. The van der Waals surface area contributed by atoms with E-state index < -0.39 is 29.7 Å². The van der Waals surface area contributed by atoms with Crippen LogP contribution in [-0.4, -0.2) is 92.0 Å². The van der Waals surface area contributed by atoms with Crippen molar-refractivity contribution in [2.75, 3.05) is 41.7 Å². The van der Waals surface area contributed by atoms with Crippen LogP contribution in [0.5, 0.6) is 0 Å². The molecule has 2 fully saturated rings. The molecule has 16 heteroatoms. The Labute approximate surface area is 285 Å². The minimum absolute atomic E-state index is 0.00546. The molecule has 1 aliphatic carbocycles. The van der Waals surface area contributed by atoms with E-state index in [1.54, 1.807) is 41.3 Å². The van der Waals surface area contributed by atoms with Gasteiger partial charge in [-0.25, -0.2) is 4.79 Å². The summed E-state index contributed by atoms with van der Waals surface area (Å²) in [6, 6.07) is 15.9. The fourth-order valence-electron chi connectivity index (χ4n) is 5.48. The third kappa shape index (κ3) is 8.44. The molecule has 2 heterocycles. The number of hydrogen-bond acceptors (Lipinski definition) is 9. The Bertz CT molecular complexity index is 1860. The second kappa shape index (κ2) is 14.6. The zero-order chi connectivity index (χ0) is 34.5. The first-order valence-electron chi connectivity index (χ1n) is 15.5. The van der Waals surface area contributed by atoms with Crippen LogP contribution in [0.15, 0.2) is 73.1 Å². The number of aromatic nitrogens is 4. The van der Waals surface area contributed by atoms with E-state index in [2.05, 4.69) is 36.4 Å². The minimum atomic E-state index is -1.23. The van der Waals surface area contributed by atoms with Gasteiger partial charge in [-0.15, -0.1) is 5.10 Å². The van der Waals surface area contributed by atoms with Gasteiger partial charge in [-0.05, 0) is 89.3 Å². The van der Waals surface area contributed by atoms with Gasteiger partial charge in [-0.1, -0.05) is 23.7 Å². The number of aromatic carboxylic acids is 1. The third-order valence-electron chi connectivity index (χ3n) is 8.23. The Morgan fingerprint density at radius 2 is 1.69 bits per heavy atom. The highest BCUT2D eigenvalue weighted by atomic mass is 35.5. The largest absolute Gasteiger partial charge is 0.478 e. The lowest BCUT2D eigenvalue weighted by atomic mass is 10.0. The van der Waals surface area contributed by atoms with Gasteiger partial charge in [0.05, 0.1) is 23.5 Å². The van der Waals surface area contributed by atoms with Gasteiger partial charge in [-0.2, -0.15) is 4.68 Å². The fraction of sp³-hybridized carbons (Fsp3) is 0.273. The van der Waals surface area contributed by atoms with Crippen molar-refractivity contribution in [2.24, 2.45) is 5.92 Å². The van der Waals surface area contributed by atoms with Gasteiger partial charge in [0.15, 0.2) is 0 Å². The number of carboxylic acids is 1. The van der Waals surface area contributed by atoms with E-state index in [0.717, 1.165) is 18.8 Å². The van der Waals surface area contributed by atoms with Crippen molar-refractivity contribution in [1.29, 1.82) is 0 Å². The van der Waals surface area contributed by atoms with Gasteiger partial charge in [0.2, 0.25) is 11.8 Å². The molecule has 1 aliphatic heterocycles. The summed E-state index contributed by atoms with van der Waals surface area (Å²) in [5, 5.41) is 28.1. The minimum Gasteiger partial charge on any atom is -0.478 e. The van der Waals surface area contributed by atoms with Crippen molar-refractivity contribution >= 4 is 58.3 Å². The first-order valence-corrected chi connectivity index (χ1v) is 15.9. The summed E-state index contributed by atoms with van der Waals surface area (Å²) in [7, 11) is 0. The van der Waals surface area contributed by atoms with Gasteiger partial charge >= 0.3 is 17.8 Å². The molecule has 4 amide bonds. The molecule has 2 aliphatic rings. The van der Waals surface area contributed by atoms with Gasteiger partial charge in [-0.3, -0.25) is 24.1 Å². The average Bonchev–Trinajstić information content (AvgIpc) is 3.73. The van der Waals surface area contributed by atoms with Crippen molar-refractivity contribution in [3.05, 3.63) is 89.2 Å². The van der Waals surface area contributed by atoms with Gasteiger partial charge < -0.3 is 26.0 Å². The summed E-state index contributed by atoms with van der Waals surface area (Å²) in [5.41, 5.74) is 2.20. The molecule has 0 unspecified atom stereocenters. The lowest BCUT2D eigenvalue weighted by molar-refractivity contribution is -0.137. The molecule has 3 aromatic carbocycles. The van der Waals surface area contributed by atoms with Crippen LogP contribution in [0.3, 0.4) is 0 Å². The van der Waals surface area contributed by atoms with Crippen molar-refractivity contribution < 1.29 is 29.1 Å². The number of carboxylic acid groups (broad SMARTS) is 1. The second-order valence-corrected chi connectivity index (χ2v) is 12.3. The molecule has 1 aromatic heterocycles. The third-order valence-corrected chi connectivity index (χ3v) is 8.47. The molecule has 1 atom stereocenters. The standard InChI is InChI=1S/C33H32ClN9O6/c34-23-7-12-28(43-19-35-39-40-43)26(16-23)37-31(46)32(47)38-27(30(45)36-24-8-5-22(6-9-24)33(48)49)15-20-3-10-25(11-4-20)42-14-13-41(18-29(42)44)17-21-1-2-21/h3-12,16,19,21,27H,1-2,13-15,17-18H2,(H,36,45)(H,37,46)(H,38,47)(H,48,49)/t27-/m0/s1. The van der Waals surface area contributed by atoms with E-state index in [9.17, 15) is 29.1 Å². The smallest absolute Gasteiger partial charge is 0.335 e. The second-order valence-electron chi connectivity index (χ2n) is 11.9. The van der Waals surface area contributed by atoms with E-state index in [-0.39, 0.29) is 28.6 Å². The van der Waals surface area contributed by atoms with Crippen LogP contribution in [0.1, 0.15) is 28.8 Å². The molecule has 0 radical (unpaired) electrons. The summed E-state index contributed by atoms with van der Waals surface area (Å²) < 4.78 is 1.28. The predicted molar refractivity (Wildman–Crippen MR) is 178 cm³/mol. The van der Waals surface area contributed by atoms with E-state index in [4.69, 9.17) is 11.6 Å². The van der Waals surface area contributed by atoms with Crippen LogP contribution in [0.25, 0.3) is 5.69 Å². The number of tetrazole rings is 1. The lowest BCUT2D eigenvalue weighted by Crippen LogP contribution is -2.51. The molecule has 15 nitrogen and oxygen atoms in total. The molecule has 1 saturated heterocycles. The highest BCUT2D eigenvalue weighted by Crippen LogP contribution is 2.30. The molecule has 0 bridgehead atoms. The fourth-order valence-corrected chi connectivity index (χ4v) is 5.65. The summed E-state index contributed by atoms with van der Waals surface area (Å²) in [4.78, 5) is 67.9. The molecular formula is C33H32ClN9O6. The quantitative estimate of drug-likeness (QED) is 0.171. The van der Waals surface area contributed by atoms with Crippen LogP contribution in [0.2, 0.25) is 5.02 Å². The molecular weight excluding hydrogens is 654 g/mol. The number of rotatable bonds is 11. The molecule has 6 rings (SSSR count). The Hall–Kier alpha value is -5.67. The average molecular weight is 686 g/mol. The first-order chi connectivity index (χ1) is 23.6. The Kier molecular flexibility index (Phi) is 9.92. The number of nitrogens with zero attached hydrogens (tertiary/aromatic N) is 6. The normalized spacial score (nSPS) is 15.4. The molecule has 0 spiro atoms. The maximum absolute atomic E-state index is 13.5. The van der Waals surface area contributed by atoms with E-state index in [1.165, 1.54) is 54.2 Å². The number of amides is 4. The molecule has 252 valence electrons. The van der Waals surface area contributed by atoms with Crippen LogP contribution in [0.4, 0.5) is 17.1 Å². The van der Waals surface area contributed by atoms with Crippen LogP contribution in [0, 0.1) is 5.92 Å². The zero-order valence-corrected chi connectivity index (χ0v) is 26.8. The predicted octanol–water partition coefficient (Wildman–Crippen LogP) is 2.38. The van der Waals surface area contributed by atoms with Gasteiger partial charge in [0.1, 0.15) is 12.4 Å². The number of piperazine rings is 1. The summed E-state index contributed by atoms with van der Waals surface area (Å²) >= 11 is 6.13. The molecule has 4 aromatic rings. The number of benzene rings is 3. The van der Waals surface area contributed by atoms with Crippen molar-refractivity contribution in [3.8, 4) is 5.69 Å².